The Labute approximate surface area is 116 Å². The average Bonchev–Trinajstić information content (AvgIpc) is 2.47. The summed E-state index contributed by atoms with van der Waals surface area (Å²) in [6.07, 6.45) is 9.16. The molecule has 2 heterocycles. The lowest BCUT2D eigenvalue weighted by atomic mass is 9.93. The second-order valence-electron chi connectivity index (χ2n) is 5.86. The van der Waals surface area contributed by atoms with Crippen molar-refractivity contribution < 1.29 is 9.53 Å². The Bertz CT molecular complexity index is 259. The Balaban J connectivity index is 1.49. The summed E-state index contributed by atoms with van der Waals surface area (Å²) < 4.78 is 5.66. The summed E-state index contributed by atoms with van der Waals surface area (Å²) in [5.74, 6) is 0.961. The molecule has 0 aromatic heterocycles. The minimum atomic E-state index is 0.217. The molecule has 0 spiro atoms. The Kier molecular flexibility index (Phi) is 6.65. The molecule has 2 saturated heterocycles. The van der Waals surface area contributed by atoms with Gasteiger partial charge in [-0.25, -0.2) is 0 Å². The second kappa shape index (κ2) is 8.54. The van der Waals surface area contributed by atoms with Crippen molar-refractivity contribution in [1.29, 1.82) is 0 Å². The Hall–Kier alpha value is -0.610. The zero-order valence-corrected chi connectivity index (χ0v) is 12.0. The first-order valence-corrected chi connectivity index (χ1v) is 7.93. The Morgan fingerprint density at radius 3 is 2.74 bits per heavy atom. The van der Waals surface area contributed by atoms with E-state index in [9.17, 15) is 4.79 Å². The predicted octanol–water partition coefficient (Wildman–Crippen LogP) is 1.84. The fourth-order valence-electron chi connectivity index (χ4n) is 3.00. The molecule has 1 unspecified atom stereocenters. The Morgan fingerprint density at radius 2 is 2.00 bits per heavy atom. The second-order valence-corrected chi connectivity index (χ2v) is 5.86. The SMILES string of the molecule is O=C(CCC1CCNCC1)NCCC1CCCCO1. The zero-order valence-electron chi connectivity index (χ0n) is 12.0. The summed E-state index contributed by atoms with van der Waals surface area (Å²) in [6, 6.07) is 0. The summed E-state index contributed by atoms with van der Waals surface area (Å²) in [7, 11) is 0. The highest BCUT2D eigenvalue weighted by atomic mass is 16.5. The van der Waals surface area contributed by atoms with Crippen LogP contribution in [0.1, 0.15) is 51.4 Å². The molecule has 2 N–H and O–H groups in total. The van der Waals surface area contributed by atoms with Crippen LogP contribution in [0.3, 0.4) is 0 Å². The molecule has 0 saturated carbocycles. The van der Waals surface area contributed by atoms with Gasteiger partial charge in [-0.1, -0.05) is 0 Å². The van der Waals surface area contributed by atoms with Crippen molar-refractivity contribution >= 4 is 5.91 Å². The van der Waals surface area contributed by atoms with E-state index in [1.807, 2.05) is 0 Å². The number of ether oxygens (including phenoxy) is 1. The van der Waals surface area contributed by atoms with Crippen LogP contribution in [0.15, 0.2) is 0 Å². The van der Waals surface area contributed by atoms with Gasteiger partial charge in [0, 0.05) is 19.6 Å². The number of amides is 1. The number of rotatable bonds is 6. The molecule has 1 amide bonds. The fraction of sp³-hybridized carbons (Fsp3) is 0.933. The van der Waals surface area contributed by atoms with Gasteiger partial charge in [0.1, 0.15) is 0 Å². The monoisotopic (exact) mass is 268 g/mol. The van der Waals surface area contributed by atoms with E-state index in [2.05, 4.69) is 10.6 Å². The molecule has 4 heteroatoms. The van der Waals surface area contributed by atoms with E-state index in [1.165, 1.54) is 25.7 Å². The number of hydrogen-bond donors (Lipinski definition) is 2. The van der Waals surface area contributed by atoms with E-state index in [0.717, 1.165) is 51.4 Å². The number of carbonyl (C=O) groups excluding carboxylic acids is 1. The zero-order chi connectivity index (χ0) is 13.3. The van der Waals surface area contributed by atoms with E-state index in [0.29, 0.717) is 12.5 Å². The molecule has 2 aliphatic heterocycles. The van der Waals surface area contributed by atoms with Crippen molar-refractivity contribution in [2.45, 2.75) is 57.5 Å². The van der Waals surface area contributed by atoms with Gasteiger partial charge < -0.3 is 15.4 Å². The van der Waals surface area contributed by atoms with Gasteiger partial charge >= 0.3 is 0 Å². The maximum absolute atomic E-state index is 11.8. The highest BCUT2D eigenvalue weighted by molar-refractivity contribution is 5.75. The standard InChI is InChI=1S/C15H28N2O2/c18-15(5-4-13-6-9-16-10-7-13)17-11-8-14-3-1-2-12-19-14/h13-14,16H,1-12H2,(H,17,18). The van der Waals surface area contributed by atoms with Crippen LogP contribution in [-0.2, 0) is 9.53 Å². The number of piperidine rings is 1. The molecule has 0 aromatic carbocycles. The van der Waals surface area contributed by atoms with Crippen molar-refractivity contribution in [2.75, 3.05) is 26.2 Å². The van der Waals surface area contributed by atoms with Crippen LogP contribution in [0.5, 0.6) is 0 Å². The molecule has 4 nitrogen and oxygen atoms in total. The number of carbonyl (C=O) groups is 1. The predicted molar refractivity (Wildman–Crippen MR) is 76.0 cm³/mol. The van der Waals surface area contributed by atoms with Gasteiger partial charge in [0.05, 0.1) is 6.10 Å². The lowest BCUT2D eigenvalue weighted by Gasteiger charge is -2.23. The lowest BCUT2D eigenvalue weighted by molar-refractivity contribution is -0.121. The maximum atomic E-state index is 11.8. The van der Waals surface area contributed by atoms with Gasteiger partial charge in [-0.3, -0.25) is 4.79 Å². The molecule has 2 fully saturated rings. The first kappa shape index (κ1) is 14.8. The van der Waals surface area contributed by atoms with Crippen molar-refractivity contribution in [3.05, 3.63) is 0 Å². The molecular formula is C15H28N2O2. The highest BCUT2D eigenvalue weighted by Gasteiger charge is 2.16. The normalized spacial score (nSPS) is 25.2. The molecule has 0 aromatic rings. The van der Waals surface area contributed by atoms with Crippen LogP contribution < -0.4 is 10.6 Å². The van der Waals surface area contributed by atoms with Crippen LogP contribution >= 0.6 is 0 Å². The van der Waals surface area contributed by atoms with Crippen LogP contribution in [0.25, 0.3) is 0 Å². The summed E-state index contributed by atoms with van der Waals surface area (Å²) in [4.78, 5) is 11.8. The third kappa shape index (κ3) is 5.91. The molecule has 0 aliphatic carbocycles. The van der Waals surface area contributed by atoms with Crippen molar-refractivity contribution in [2.24, 2.45) is 5.92 Å². The van der Waals surface area contributed by atoms with Crippen molar-refractivity contribution in [3.8, 4) is 0 Å². The Morgan fingerprint density at radius 1 is 1.16 bits per heavy atom. The molecule has 2 aliphatic rings. The molecule has 19 heavy (non-hydrogen) atoms. The van der Waals surface area contributed by atoms with Gasteiger partial charge in [-0.05, 0) is 64.0 Å². The summed E-state index contributed by atoms with van der Waals surface area (Å²) in [5, 5.41) is 6.39. The van der Waals surface area contributed by atoms with Gasteiger partial charge in [0.15, 0.2) is 0 Å². The first-order chi connectivity index (χ1) is 9.34. The third-order valence-electron chi connectivity index (χ3n) is 4.30. The van der Waals surface area contributed by atoms with E-state index in [1.54, 1.807) is 0 Å². The molecule has 110 valence electrons. The van der Waals surface area contributed by atoms with Gasteiger partial charge in [-0.15, -0.1) is 0 Å². The van der Waals surface area contributed by atoms with Gasteiger partial charge in [0.2, 0.25) is 5.91 Å². The van der Waals surface area contributed by atoms with E-state index < -0.39 is 0 Å². The van der Waals surface area contributed by atoms with Gasteiger partial charge in [0.25, 0.3) is 0 Å². The van der Waals surface area contributed by atoms with E-state index in [4.69, 9.17) is 4.74 Å². The summed E-state index contributed by atoms with van der Waals surface area (Å²) in [5.41, 5.74) is 0. The quantitative estimate of drug-likeness (QED) is 0.773. The van der Waals surface area contributed by atoms with Crippen LogP contribution in [-0.4, -0.2) is 38.3 Å². The van der Waals surface area contributed by atoms with E-state index >= 15 is 0 Å². The largest absolute Gasteiger partial charge is 0.378 e. The summed E-state index contributed by atoms with van der Waals surface area (Å²) in [6.45, 7) is 3.90. The molecule has 1 atom stereocenters. The molecular weight excluding hydrogens is 240 g/mol. The molecule has 0 bridgehead atoms. The van der Waals surface area contributed by atoms with Crippen molar-refractivity contribution in [1.82, 2.24) is 10.6 Å². The molecule has 2 rings (SSSR count). The topological polar surface area (TPSA) is 50.4 Å². The number of hydrogen-bond acceptors (Lipinski definition) is 3. The van der Waals surface area contributed by atoms with Crippen molar-refractivity contribution in [3.63, 3.8) is 0 Å². The van der Waals surface area contributed by atoms with E-state index in [-0.39, 0.29) is 5.91 Å². The van der Waals surface area contributed by atoms with Crippen LogP contribution in [0, 0.1) is 5.92 Å². The third-order valence-corrected chi connectivity index (χ3v) is 4.30. The minimum absolute atomic E-state index is 0.217. The minimum Gasteiger partial charge on any atom is -0.378 e. The van der Waals surface area contributed by atoms with Crippen LogP contribution in [0.2, 0.25) is 0 Å². The van der Waals surface area contributed by atoms with Gasteiger partial charge in [-0.2, -0.15) is 0 Å². The average molecular weight is 268 g/mol. The fourth-order valence-corrected chi connectivity index (χ4v) is 3.00. The highest BCUT2D eigenvalue weighted by Crippen LogP contribution is 2.17. The van der Waals surface area contributed by atoms with Crippen LogP contribution in [0.4, 0.5) is 0 Å². The maximum Gasteiger partial charge on any atom is 0.220 e. The summed E-state index contributed by atoms with van der Waals surface area (Å²) >= 11 is 0. The first-order valence-electron chi connectivity index (χ1n) is 7.93. The lowest BCUT2D eigenvalue weighted by Crippen LogP contribution is -2.31. The smallest absolute Gasteiger partial charge is 0.220 e. The molecule has 0 radical (unpaired) electrons. The number of nitrogens with one attached hydrogen (secondary N) is 2.